The van der Waals surface area contributed by atoms with Gasteiger partial charge < -0.3 is 24.7 Å². The predicted octanol–water partition coefficient (Wildman–Crippen LogP) is 2.43. The van der Waals surface area contributed by atoms with Crippen LogP contribution in [0, 0.1) is 0 Å². The Balaban J connectivity index is 1.62. The van der Waals surface area contributed by atoms with Gasteiger partial charge in [0.1, 0.15) is 17.2 Å². The fourth-order valence-electron chi connectivity index (χ4n) is 4.38. The van der Waals surface area contributed by atoms with Gasteiger partial charge in [-0.3, -0.25) is 9.89 Å². The second kappa shape index (κ2) is 9.64. The highest BCUT2D eigenvalue weighted by molar-refractivity contribution is 5.79. The van der Waals surface area contributed by atoms with Crippen LogP contribution in [0.15, 0.2) is 4.99 Å². The molecule has 10 nitrogen and oxygen atoms in total. The molecular formula is C22H39N7O3. The molecule has 1 amide bonds. The molecule has 2 unspecified atom stereocenters. The summed E-state index contributed by atoms with van der Waals surface area (Å²) in [5, 5.41) is 15.4. The summed E-state index contributed by atoms with van der Waals surface area (Å²) in [6.45, 7) is 13.3. The van der Waals surface area contributed by atoms with Gasteiger partial charge in [-0.15, -0.1) is 10.2 Å². The van der Waals surface area contributed by atoms with Crippen LogP contribution in [0.2, 0.25) is 0 Å². The molecule has 1 fully saturated rings. The highest BCUT2D eigenvalue weighted by Crippen LogP contribution is 2.33. The number of carbonyl (C=O) groups is 1. The van der Waals surface area contributed by atoms with E-state index < -0.39 is 11.3 Å². The first-order valence-corrected chi connectivity index (χ1v) is 11.6. The fraction of sp³-hybridized carbons (Fsp3) is 0.818. The van der Waals surface area contributed by atoms with Gasteiger partial charge in [0.25, 0.3) is 0 Å². The zero-order chi connectivity index (χ0) is 23.5. The maximum absolute atomic E-state index is 12.9. The van der Waals surface area contributed by atoms with Crippen molar-refractivity contribution >= 4 is 12.1 Å². The first-order chi connectivity index (χ1) is 15.0. The van der Waals surface area contributed by atoms with E-state index in [9.17, 15) is 4.79 Å². The molecular weight excluding hydrogens is 410 g/mol. The normalized spacial score (nSPS) is 23.5. The molecule has 2 atom stereocenters. The van der Waals surface area contributed by atoms with E-state index in [0.29, 0.717) is 19.0 Å². The maximum atomic E-state index is 12.9. The van der Waals surface area contributed by atoms with Crippen LogP contribution >= 0.6 is 0 Å². The van der Waals surface area contributed by atoms with Crippen molar-refractivity contribution in [3.05, 3.63) is 11.6 Å². The van der Waals surface area contributed by atoms with Gasteiger partial charge in [-0.1, -0.05) is 6.42 Å². The van der Waals surface area contributed by atoms with Gasteiger partial charge in [0, 0.05) is 26.6 Å². The highest BCUT2D eigenvalue weighted by atomic mass is 16.6. The number of fused-ring (bicyclic) bond motifs is 1. The molecule has 180 valence electrons. The minimum absolute atomic E-state index is 0.157. The summed E-state index contributed by atoms with van der Waals surface area (Å²) in [6, 6.07) is -0.206. The number of aliphatic imine (C=N–C) groups is 1. The Hall–Kier alpha value is -2.36. The van der Waals surface area contributed by atoms with Crippen LogP contribution in [-0.4, -0.2) is 68.8 Å². The van der Waals surface area contributed by atoms with Gasteiger partial charge in [0.15, 0.2) is 11.8 Å². The number of hydrogen-bond donors (Lipinski definition) is 2. The summed E-state index contributed by atoms with van der Waals surface area (Å²) in [7, 11) is 1.73. The van der Waals surface area contributed by atoms with E-state index in [1.54, 1.807) is 11.9 Å². The summed E-state index contributed by atoms with van der Waals surface area (Å²) < 4.78 is 13.9. The monoisotopic (exact) mass is 449 g/mol. The van der Waals surface area contributed by atoms with Crippen molar-refractivity contribution in [3.8, 4) is 0 Å². The zero-order valence-corrected chi connectivity index (χ0v) is 20.6. The quantitative estimate of drug-likeness (QED) is 0.537. The van der Waals surface area contributed by atoms with E-state index >= 15 is 0 Å². The molecule has 0 saturated carbocycles. The molecule has 0 aliphatic carbocycles. The number of carbonyl (C=O) groups excluding carboxylic acids is 1. The predicted molar refractivity (Wildman–Crippen MR) is 122 cm³/mol. The molecule has 0 radical (unpaired) electrons. The number of amides is 1. The van der Waals surface area contributed by atoms with Crippen LogP contribution in [0.25, 0.3) is 0 Å². The summed E-state index contributed by atoms with van der Waals surface area (Å²) in [5.41, 5.74) is -1.34. The van der Waals surface area contributed by atoms with Gasteiger partial charge in [0.2, 0.25) is 0 Å². The number of nitrogens with zero attached hydrogens (tertiary/aromatic N) is 5. The lowest BCUT2D eigenvalue weighted by Gasteiger charge is -2.35. The van der Waals surface area contributed by atoms with E-state index in [4.69, 9.17) is 9.47 Å². The summed E-state index contributed by atoms with van der Waals surface area (Å²) >= 11 is 0. The fourth-order valence-corrected chi connectivity index (χ4v) is 4.38. The van der Waals surface area contributed by atoms with E-state index in [0.717, 1.165) is 31.0 Å². The van der Waals surface area contributed by atoms with Crippen molar-refractivity contribution in [1.82, 2.24) is 30.3 Å². The van der Waals surface area contributed by atoms with E-state index in [-0.39, 0.29) is 18.2 Å². The molecule has 3 heterocycles. The van der Waals surface area contributed by atoms with Crippen LogP contribution in [0.1, 0.15) is 72.5 Å². The SMILES string of the molecule is CN=C(NCc1nnc2n1CCCCC2)NCC1C(C)OC(C)(C)N1C(=O)OC(C)(C)C. The van der Waals surface area contributed by atoms with Crippen molar-refractivity contribution in [3.63, 3.8) is 0 Å². The van der Waals surface area contributed by atoms with Crippen LogP contribution in [0.3, 0.4) is 0 Å². The summed E-state index contributed by atoms with van der Waals surface area (Å²) in [4.78, 5) is 18.9. The molecule has 1 saturated heterocycles. The Morgan fingerprint density at radius 2 is 2.00 bits per heavy atom. The van der Waals surface area contributed by atoms with Gasteiger partial charge in [-0.2, -0.15) is 0 Å². The molecule has 1 aromatic heterocycles. The lowest BCUT2D eigenvalue weighted by molar-refractivity contribution is -0.0755. The van der Waals surface area contributed by atoms with E-state index in [1.807, 2.05) is 41.5 Å². The molecule has 3 rings (SSSR count). The molecule has 2 N–H and O–H groups in total. The molecule has 1 aromatic rings. The van der Waals surface area contributed by atoms with Crippen LogP contribution in [0.5, 0.6) is 0 Å². The number of hydrogen-bond acceptors (Lipinski definition) is 6. The minimum Gasteiger partial charge on any atom is -0.444 e. The van der Waals surface area contributed by atoms with Crippen LogP contribution in [0.4, 0.5) is 4.79 Å². The van der Waals surface area contributed by atoms with Gasteiger partial charge in [-0.25, -0.2) is 4.79 Å². The largest absolute Gasteiger partial charge is 0.444 e. The highest BCUT2D eigenvalue weighted by Gasteiger charge is 2.49. The number of nitrogens with one attached hydrogen (secondary N) is 2. The van der Waals surface area contributed by atoms with Gasteiger partial charge in [0.05, 0.1) is 18.7 Å². The van der Waals surface area contributed by atoms with Crippen molar-refractivity contribution < 1.29 is 14.3 Å². The molecule has 10 heteroatoms. The smallest absolute Gasteiger partial charge is 0.412 e. The molecule has 2 aliphatic heterocycles. The third-order valence-corrected chi connectivity index (χ3v) is 5.82. The second-order valence-corrected chi connectivity index (χ2v) is 9.99. The summed E-state index contributed by atoms with van der Waals surface area (Å²) in [5.74, 6) is 2.62. The lowest BCUT2D eigenvalue weighted by Crippen LogP contribution is -2.54. The van der Waals surface area contributed by atoms with E-state index in [2.05, 4.69) is 30.4 Å². The number of aryl methyl sites for hydroxylation is 1. The van der Waals surface area contributed by atoms with Crippen molar-refractivity contribution in [2.24, 2.45) is 4.99 Å². The maximum Gasteiger partial charge on any atom is 0.412 e. The third kappa shape index (κ3) is 5.70. The van der Waals surface area contributed by atoms with E-state index in [1.165, 1.54) is 12.8 Å². The zero-order valence-electron chi connectivity index (χ0n) is 20.6. The minimum atomic E-state index is -0.760. The number of ether oxygens (including phenoxy) is 2. The molecule has 0 bridgehead atoms. The number of aromatic nitrogens is 3. The number of rotatable bonds is 4. The Bertz CT molecular complexity index is 828. The Kier molecular flexibility index (Phi) is 7.32. The molecule has 32 heavy (non-hydrogen) atoms. The van der Waals surface area contributed by atoms with Crippen molar-refractivity contribution in [2.45, 2.75) is 104 Å². The van der Waals surface area contributed by atoms with Crippen molar-refractivity contribution in [1.29, 1.82) is 0 Å². The first-order valence-electron chi connectivity index (χ1n) is 11.6. The average Bonchev–Trinajstić information content (AvgIpc) is 3.05. The second-order valence-electron chi connectivity index (χ2n) is 9.99. The lowest BCUT2D eigenvalue weighted by atomic mass is 10.1. The Morgan fingerprint density at radius 1 is 1.25 bits per heavy atom. The average molecular weight is 450 g/mol. The Morgan fingerprint density at radius 3 is 2.69 bits per heavy atom. The first kappa shape index (κ1) is 24.3. The molecule has 0 spiro atoms. The van der Waals surface area contributed by atoms with Gasteiger partial charge >= 0.3 is 6.09 Å². The van der Waals surface area contributed by atoms with Crippen LogP contribution < -0.4 is 10.6 Å². The third-order valence-electron chi connectivity index (χ3n) is 5.82. The number of guanidine groups is 1. The van der Waals surface area contributed by atoms with Gasteiger partial charge in [-0.05, 0) is 54.4 Å². The van der Waals surface area contributed by atoms with Crippen molar-refractivity contribution in [2.75, 3.05) is 13.6 Å². The molecule has 0 aromatic carbocycles. The molecule has 2 aliphatic rings. The topological polar surface area (TPSA) is 106 Å². The Labute approximate surface area is 191 Å². The van der Waals surface area contributed by atoms with Crippen LogP contribution in [-0.2, 0) is 29.0 Å². The standard InChI is InChI=1S/C22H39N7O3/c1-15-16(29(22(5,6)31-15)20(30)32-21(2,3)4)13-24-19(23-7)25-14-18-27-26-17-11-9-8-10-12-28(17)18/h15-16H,8-14H2,1-7H3,(H2,23,24,25). The summed E-state index contributed by atoms with van der Waals surface area (Å²) in [6.07, 6.45) is 3.99.